The van der Waals surface area contributed by atoms with E-state index in [4.69, 9.17) is 0 Å². The summed E-state index contributed by atoms with van der Waals surface area (Å²) in [6, 6.07) is 7.77. The molecule has 2 aliphatic heterocycles. The Morgan fingerprint density at radius 2 is 1.85 bits per heavy atom. The molecule has 3 aromatic rings. The zero-order valence-electron chi connectivity index (χ0n) is 22.8. The number of thiol groups is 1. The molecule has 2 unspecified atom stereocenters. The minimum Gasteiger partial charge on any atom is -0.353 e. The lowest BCUT2D eigenvalue weighted by Crippen LogP contribution is -2.55. The first-order chi connectivity index (χ1) is 19.4. The molecule has 4 heterocycles. The Morgan fingerprint density at radius 1 is 1.10 bits per heavy atom. The molecule has 1 aliphatic carbocycles. The molecule has 0 spiro atoms. The van der Waals surface area contributed by atoms with E-state index in [2.05, 4.69) is 15.3 Å². The van der Waals surface area contributed by atoms with Gasteiger partial charge in [0.05, 0.1) is 11.1 Å². The summed E-state index contributed by atoms with van der Waals surface area (Å²) in [5, 5.41) is 3.68. The number of anilines is 1. The predicted molar refractivity (Wildman–Crippen MR) is 151 cm³/mol. The van der Waals surface area contributed by atoms with Crippen molar-refractivity contribution in [2.45, 2.75) is 74.7 Å². The van der Waals surface area contributed by atoms with Crippen LogP contribution in [0.25, 0.3) is 10.9 Å². The van der Waals surface area contributed by atoms with Gasteiger partial charge in [-0.1, -0.05) is 12.1 Å². The number of pyridine rings is 1. The Kier molecular flexibility index (Phi) is 7.12. The molecule has 2 aromatic heterocycles. The topological polar surface area (TPSA) is 63.1 Å². The third-order valence-electron chi connectivity index (χ3n) is 8.15. The maximum atomic E-state index is 14.4. The predicted octanol–water partition coefficient (Wildman–Crippen LogP) is 5.86. The van der Waals surface area contributed by atoms with Gasteiger partial charge < -0.3 is 10.2 Å². The largest absolute Gasteiger partial charge is 0.416 e. The van der Waals surface area contributed by atoms with Crippen LogP contribution in [0.2, 0.25) is 0 Å². The Morgan fingerprint density at radius 3 is 2.49 bits per heavy atom. The Balaban J connectivity index is 1.63. The molecule has 1 saturated heterocycles. The normalized spacial score (nSPS) is 27.4. The number of piperazine rings is 1. The fourth-order valence-electron chi connectivity index (χ4n) is 6.36. The van der Waals surface area contributed by atoms with E-state index in [1.54, 1.807) is 12.3 Å². The van der Waals surface area contributed by atoms with Gasteiger partial charge in [-0.15, -0.1) is 0 Å². The molecule has 4 atom stereocenters. The first kappa shape index (κ1) is 28.1. The molecule has 0 saturated carbocycles. The number of hydrogen-bond acceptors (Lipinski definition) is 5. The number of nitrogens with one attached hydrogen (secondary N) is 1. The first-order valence-electron chi connectivity index (χ1n) is 13.8. The minimum absolute atomic E-state index is 0.0405. The summed E-state index contributed by atoms with van der Waals surface area (Å²) in [6.45, 7) is 5.11. The Hall–Kier alpha value is -2.99. The van der Waals surface area contributed by atoms with Crippen LogP contribution in [-0.2, 0) is 12.7 Å². The van der Waals surface area contributed by atoms with Crippen LogP contribution < -0.4 is 15.9 Å². The van der Waals surface area contributed by atoms with Crippen LogP contribution in [0.3, 0.4) is 0 Å². The lowest BCUT2D eigenvalue weighted by Gasteiger charge is -2.37. The molecule has 1 N–H and O–H groups in total. The van der Waals surface area contributed by atoms with Crippen molar-refractivity contribution in [3.05, 3.63) is 69.3 Å². The van der Waals surface area contributed by atoms with E-state index < -0.39 is 40.7 Å². The number of alkyl halides is 5. The highest BCUT2D eigenvalue weighted by Crippen LogP contribution is 2.56. The van der Waals surface area contributed by atoms with Gasteiger partial charge in [-0.05, 0) is 55.2 Å². The van der Waals surface area contributed by atoms with Crippen LogP contribution in [0.5, 0.6) is 0 Å². The van der Waals surface area contributed by atoms with E-state index in [9.17, 15) is 26.7 Å². The molecule has 41 heavy (non-hydrogen) atoms. The van der Waals surface area contributed by atoms with Crippen molar-refractivity contribution >= 4 is 27.6 Å². The minimum atomic E-state index is -4.64. The van der Waals surface area contributed by atoms with Crippen LogP contribution in [0.4, 0.5) is 27.8 Å². The van der Waals surface area contributed by atoms with Gasteiger partial charge in [0, 0.05) is 72.6 Å². The summed E-state index contributed by atoms with van der Waals surface area (Å²) in [7, 11) is -1.48. The highest BCUT2D eigenvalue weighted by atomic mass is 32.2. The molecule has 6 rings (SSSR count). The highest BCUT2D eigenvalue weighted by molar-refractivity contribution is 8.20. The average molecular weight is 594 g/mol. The fraction of sp³-hybridized carbons (Fsp3) is 0.483. The maximum absolute atomic E-state index is 14.4. The number of aromatic nitrogens is 3. The summed E-state index contributed by atoms with van der Waals surface area (Å²) in [5.41, 5.74) is -0.224. The summed E-state index contributed by atoms with van der Waals surface area (Å²) < 4.78 is 73.1. The smallest absolute Gasteiger partial charge is 0.353 e. The van der Waals surface area contributed by atoms with E-state index in [0.717, 1.165) is 17.0 Å². The standard InChI is InChI=1S/C29H32F5N5OS/c1-17-13-38(14-18(2)36-17)26-22-11-20(29(32,33)34)12-24-25(22)39(27(40)37-26)15-19(23-5-3-4-10-35-23)16-41(24)21-6-8-28(30,31)9-7-21/h3-6,10-12,17-19,36,41H,7-9,13-16H2,1-2H3/t17-,18+,19?. The van der Waals surface area contributed by atoms with Crippen molar-refractivity contribution in [3.8, 4) is 0 Å². The average Bonchev–Trinajstić information content (AvgIpc) is 3.08. The van der Waals surface area contributed by atoms with Gasteiger partial charge in [-0.3, -0.25) is 9.55 Å². The van der Waals surface area contributed by atoms with E-state index in [1.807, 2.05) is 30.9 Å². The van der Waals surface area contributed by atoms with E-state index >= 15 is 0 Å². The third-order valence-corrected chi connectivity index (χ3v) is 11.0. The molecule has 1 aromatic carbocycles. The molecular weight excluding hydrogens is 561 g/mol. The number of halogens is 5. The monoisotopic (exact) mass is 593 g/mol. The number of nitrogens with zero attached hydrogens (tertiary/aromatic N) is 4. The van der Waals surface area contributed by atoms with Crippen LogP contribution in [0.15, 0.2) is 57.2 Å². The fourth-order valence-corrected chi connectivity index (χ4v) is 9.33. The number of hydrogen-bond donors (Lipinski definition) is 2. The van der Waals surface area contributed by atoms with Gasteiger partial charge in [0.2, 0.25) is 0 Å². The summed E-state index contributed by atoms with van der Waals surface area (Å²) in [5.74, 6) is -2.50. The van der Waals surface area contributed by atoms with Gasteiger partial charge in [0.25, 0.3) is 5.92 Å². The second kappa shape index (κ2) is 10.4. The second-order valence-corrected chi connectivity index (χ2v) is 13.7. The van der Waals surface area contributed by atoms with E-state index in [-0.39, 0.29) is 48.6 Å². The van der Waals surface area contributed by atoms with Crippen LogP contribution in [0.1, 0.15) is 50.3 Å². The lowest BCUT2D eigenvalue weighted by molar-refractivity contribution is -0.137. The molecule has 0 radical (unpaired) electrons. The summed E-state index contributed by atoms with van der Waals surface area (Å²) in [6.07, 6.45) is -2.17. The van der Waals surface area contributed by atoms with Crippen molar-refractivity contribution in [2.75, 3.05) is 23.7 Å². The molecule has 6 nitrogen and oxygen atoms in total. The quantitative estimate of drug-likeness (QED) is 0.295. The molecule has 0 amide bonds. The van der Waals surface area contributed by atoms with Crippen molar-refractivity contribution in [1.29, 1.82) is 0 Å². The summed E-state index contributed by atoms with van der Waals surface area (Å²) in [4.78, 5) is 25.7. The molecule has 220 valence electrons. The van der Waals surface area contributed by atoms with Gasteiger partial charge >= 0.3 is 11.9 Å². The van der Waals surface area contributed by atoms with E-state index in [0.29, 0.717) is 34.9 Å². The van der Waals surface area contributed by atoms with Crippen molar-refractivity contribution in [3.63, 3.8) is 0 Å². The van der Waals surface area contributed by atoms with Gasteiger partial charge in [-0.25, -0.2) is 24.5 Å². The SMILES string of the molecule is C[C@@H]1CN(c2nc(=O)n3c4c(cc(C(F)(F)F)cc24)[SH](C2=CCC(F)(F)CC2)CC(c2ccccn2)C3)C[C@H](C)N1. The first-order valence-corrected chi connectivity index (χ1v) is 15.3. The van der Waals surface area contributed by atoms with Crippen LogP contribution >= 0.6 is 10.9 Å². The Bertz CT molecular complexity index is 1550. The number of rotatable bonds is 3. The van der Waals surface area contributed by atoms with Crippen LogP contribution in [-0.4, -0.2) is 51.4 Å². The van der Waals surface area contributed by atoms with Gasteiger partial charge in [-0.2, -0.15) is 18.2 Å². The molecule has 1 fully saturated rings. The maximum Gasteiger partial charge on any atom is 0.416 e. The van der Waals surface area contributed by atoms with Gasteiger partial charge in [0.15, 0.2) is 0 Å². The Labute approximate surface area is 237 Å². The molecular formula is C29H32F5N5OS. The third kappa shape index (κ3) is 5.48. The lowest BCUT2D eigenvalue weighted by atomic mass is 10.0. The molecule has 3 aliphatic rings. The molecule has 0 bridgehead atoms. The highest BCUT2D eigenvalue weighted by Gasteiger charge is 2.39. The van der Waals surface area contributed by atoms with Crippen molar-refractivity contribution in [2.24, 2.45) is 0 Å². The number of allylic oxidation sites excluding steroid dienone is 2. The molecule has 12 heteroatoms. The zero-order chi connectivity index (χ0) is 29.1. The van der Waals surface area contributed by atoms with Gasteiger partial charge in [0.1, 0.15) is 5.82 Å². The zero-order valence-corrected chi connectivity index (χ0v) is 23.7. The second-order valence-electron chi connectivity index (χ2n) is 11.4. The number of benzene rings is 1. The summed E-state index contributed by atoms with van der Waals surface area (Å²) >= 11 is 0. The van der Waals surface area contributed by atoms with Crippen molar-refractivity contribution < 1.29 is 22.0 Å². The van der Waals surface area contributed by atoms with Crippen molar-refractivity contribution in [1.82, 2.24) is 19.9 Å². The van der Waals surface area contributed by atoms with Crippen LogP contribution in [0, 0.1) is 0 Å². The van der Waals surface area contributed by atoms with E-state index in [1.165, 1.54) is 10.6 Å².